The molecule has 0 saturated carbocycles. The Kier molecular flexibility index (Phi) is 5.96. The Hall–Kier alpha value is -2.02. The van der Waals surface area contributed by atoms with Gasteiger partial charge in [0.2, 0.25) is 0 Å². The van der Waals surface area contributed by atoms with Crippen LogP contribution in [0, 0.1) is 0 Å². The molecule has 3 aromatic rings. The molecule has 1 N–H and O–H groups in total. The molecule has 1 heterocycles. The van der Waals surface area contributed by atoms with E-state index < -0.39 is 0 Å². The van der Waals surface area contributed by atoms with Crippen molar-refractivity contribution in [2.75, 3.05) is 0 Å². The number of furan rings is 1. The molecule has 0 saturated heterocycles. The van der Waals surface area contributed by atoms with Crippen molar-refractivity contribution in [2.45, 2.75) is 9.99 Å². The highest BCUT2D eigenvalue weighted by Gasteiger charge is 2.10. The molecule has 7 heteroatoms. The molecule has 0 fully saturated rings. The van der Waals surface area contributed by atoms with Gasteiger partial charge in [-0.25, -0.2) is 5.43 Å². The fourth-order valence-corrected chi connectivity index (χ4v) is 3.38. The molecule has 0 spiro atoms. The highest BCUT2D eigenvalue weighted by Crippen LogP contribution is 2.35. The monoisotopic (exact) mass is 434 g/mol. The number of carbonyl (C=O) groups excluding carboxylic acids is 1. The molecule has 0 aliphatic carbocycles. The minimum atomic E-state index is -0.279. The molecule has 0 aliphatic heterocycles. The third-order valence-electron chi connectivity index (χ3n) is 3.09. The molecule has 126 valence electrons. The van der Waals surface area contributed by atoms with E-state index in [-0.39, 0.29) is 5.91 Å². The van der Waals surface area contributed by atoms with Gasteiger partial charge < -0.3 is 4.42 Å². The summed E-state index contributed by atoms with van der Waals surface area (Å²) < 4.78 is 6.53. The van der Waals surface area contributed by atoms with Crippen LogP contribution in [0.25, 0.3) is 0 Å². The van der Waals surface area contributed by atoms with Gasteiger partial charge in [0.05, 0.1) is 10.7 Å². The summed E-state index contributed by atoms with van der Waals surface area (Å²) in [6.45, 7) is 0. The molecule has 2 aromatic carbocycles. The van der Waals surface area contributed by atoms with Gasteiger partial charge in [0.15, 0.2) is 5.09 Å². The lowest BCUT2D eigenvalue weighted by atomic mass is 10.2. The smallest absolute Gasteiger partial charge is 0.271 e. The maximum Gasteiger partial charge on any atom is 0.271 e. The first kappa shape index (κ1) is 17.8. The maximum absolute atomic E-state index is 11.9. The second kappa shape index (κ2) is 8.38. The number of halogens is 2. The summed E-state index contributed by atoms with van der Waals surface area (Å²) in [6, 6.07) is 18.1. The van der Waals surface area contributed by atoms with Gasteiger partial charge in [0.1, 0.15) is 5.76 Å². The van der Waals surface area contributed by atoms with E-state index in [9.17, 15) is 4.79 Å². The highest BCUT2D eigenvalue weighted by molar-refractivity contribution is 9.10. The molecule has 0 bridgehead atoms. The number of benzene rings is 2. The fourth-order valence-electron chi connectivity index (χ4n) is 1.92. The van der Waals surface area contributed by atoms with Crippen LogP contribution in [-0.4, -0.2) is 12.1 Å². The number of amides is 1. The average molecular weight is 436 g/mol. The van der Waals surface area contributed by atoms with E-state index in [4.69, 9.17) is 16.0 Å². The van der Waals surface area contributed by atoms with Gasteiger partial charge in [-0.05, 0) is 52.3 Å². The predicted octanol–water partition coefficient (Wildman–Crippen LogP) is 5.61. The van der Waals surface area contributed by atoms with Crippen LogP contribution in [0.4, 0.5) is 0 Å². The van der Waals surface area contributed by atoms with E-state index in [0.29, 0.717) is 21.4 Å². The highest BCUT2D eigenvalue weighted by atomic mass is 79.9. The maximum atomic E-state index is 11.9. The van der Waals surface area contributed by atoms with Crippen molar-refractivity contribution in [3.05, 3.63) is 81.5 Å². The Morgan fingerprint density at radius 1 is 1.16 bits per heavy atom. The first-order valence-electron chi connectivity index (χ1n) is 7.23. The van der Waals surface area contributed by atoms with Crippen molar-refractivity contribution in [3.63, 3.8) is 0 Å². The van der Waals surface area contributed by atoms with E-state index in [2.05, 4.69) is 26.5 Å². The number of hydrazone groups is 1. The largest absolute Gasteiger partial charge is 0.447 e. The standard InChI is InChI=1S/C18H12BrClN2O2S/c19-16-10-14(11-21-22-17(23)12-4-2-1-3-5-12)24-18(16)25-15-8-6-13(20)7-9-15/h1-11H,(H,22,23)/b21-11-. The van der Waals surface area contributed by atoms with E-state index in [1.165, 1.54) is 18.0 Å². The Labute approximate surface area is 162 Å². The summed E-state index contributed by atoms with van der Waals surface area (Å²) in [7, 11) is 0. The quantitative estimate of drug-likeness (QED) is 0.418. The van der Waals surface area contributed by atoms with Crippen LogP contribution in [0.5, 0.6) is 0 Å². The molecule has 0 atom stereocenters. The molecule has 0 aliphatic rings. The topological polar surface area (TPSA) is 54.6 Å². The van der Waals surface area contributed by atoms with Gasteiger partial charge >= 0.3 is 0 Å². The molecule has 3 rings (SSSR count). The Balaban J connectivity index is 1.64. The van der Waals surface area contributed by atoms with Crippen molar-refractivity contribution in [3.8, 4) is 0 Å². The second-order valence-corrected chi connectivity index (χ2v) is 7.24. The van der Waals surface area contributed by atoms with Crippen molar-refractivity contribution in [1.29, 1.82) is 0 Å². The van der Waals surface area contributed by atoms with Crippen molar-refractivity contribution < 1.29 is 9.21 Å². The molecule has 1 aromatic heterocycles. The number of nitrogens with one attached hydrogen (secondary N) is 1. The zero-order chi connectivity index (χ0) is 17.6. The van der Waals surface area contributed by atoms with Crippen LogP contribution >= 0.6 is 39.3 Å². The SMILES string of the molecule is O=C(N/N=C\c1cc(Br)c(Sc2ccc(Cl)cc2)o1)c1ccccc1. The molecule has 4 nitrogen and oxygen atoms in total. The van der Waals surface area contributed by atoms with Gasteiger partial charge in [-0.3, -0.25) is 4.79 Å². The number of hydrogen-bond acceptors (Lipinski definition) is 4. The van der Waals surface area contributed by atoms with Crippen LogP contribution in [0.1, 0.15) is 16.1 Å². The summed E-state index contributed by atoms with van der Waals surface area (Å²) in [5.74, 6) is 0.245. The van der Waals surface area contributed by atoms with Crippen molar-refractivity contribution in [2.24, 2.45) is 5.10 Å². The second-order valence-electron chi connectivity index (χ2n) is 4.91. The van der Waals surface area contributed by atoms with Gasteiger partial charge in [-0.15, -0.1) is 0 Å². The van der Waals surface area contributed by atoms with E-state index in [1.807, 2.05) is 30.3 Å². The molecule has 1 amide bonds. The zero-order valence-corrected chi connectivity index (χ0v) is 15.9. The van der Waals surface area contributed by atoms with E-state index >= 15 is 0 Å². The first-order valence-corrected chi connectivity index (χ1v) is 9.22. The van der Waals surface area contributed by atoms with Gasteiger partial charge in [0.25, 0.3) is 5.91 Å². The molecular weight excluding hydrogens is 424 g/mol. The van der Waals surface area contributed by atoms with Crippen LogP contribution in [0.3, 0.4) is 0 Å². The lowest BCUT2D eigenvalue weighted by Gasteiger charge is -1.99. The van der Waals surface area contributed by atoms with Gasteiger partial charge in [-0.1, -0.05) is 41.6 Å². The minimum Gasteiger partial charge on any atom is -0.447 e. The number of hydrogen-bond donors (Lipinski definition) is 1. The minimum absolute atomic E-state index is 0.279. The Morgan fingerprint density at radius 3 is 2.60 bits per heavy atom. The number of carbonyl (C=O) groups is 1. The summed E-state index contributed by atoms with van der Waals surface area (Å²) in [4.78, 5) is 12.9. The van der Waals surface area contributed by atoms with E-state index in [1.54, 1.807) is 30.3 Å². The number of nitrogens with zero attached hydrogens (tertiary/aromatic N) is 1. The average Bonchev–Trinajstić information content (AvgIpc) is 2.97. The van der Waals surface area contributed by atoms with Gasteiger partial charge in [0, 0.05) is 21.5 Å². The summed E-state index contributed by atoms with van der Waals surface area (Å²) in [6.07, 6.45) is 1.46. The summed E-state index contributed by atoms with van der Waals surface area (Å²) in [5.41, 5.74) is 3.01. The van der Waals surface area contributed by atoms with Crippen LogP contribution < -0.4 is 5.43 Å². The molecule has 25 heavy (non-hydrogen) atoms. The predicted molar refractivity (Wildman–Crippen MR) is 103 cm³/mol. The molecule has 0 radical (unpaired) electrons. The fraction of sp³-hybridized carbons (Fsp3) is 0. The van der Waals surface area contributed by atoms with Crippen LogP contribution in [0.15, 0.2) is 84.6 Å². The lowest BCUT2D eigenvalue weighted by Crippen LogP contribution is -2.17. The summed E-state index contributed by atoms with van der Waals surface area (Å²) >= 11 is 10.8. The summed E-state index contributed by atoms with van der Waals surface area (Å²) in [5, 5.41) is 5.30. The first-order chi connectivity index (χ1) is 12.1. The van der Waals surface area contributed by atoms with E-state index in [0.717, 1.165) is 9.37 Å². The number of rotatable bonds is 5. The van der Waals surface area contributed by atoms with Crippen LogP contribution in [0.2, 0.25) is 5.02 Å². The Bertz CT molecular complexity index is 895. The van der Waals surface area contributed by atoms with Crippen LogP contribution in [-0.2, 0) is 0 Å². The van der Waals surface area contributed by atoms with Gasteiger partial charge in [-0.2, -0.15) is 5.10 Å². The molecule has 0 unspecified atom stereocenters. The third-order valence-corrected chi connectivity index (χ3v) is 5.19. The van der Waals surface area contributed by atoms with Crippen molar-refractivity contribution in [1.82, 2.24) is 5.43 Å². The zero-order valence-electron chi connectivity index (χ0n) is 12.8. The third kappa shape index (κ3) is 4.98. The normalized spacial score (nSPS) is 11.0. The molecular formula is C18H12BrClN2O2S. The van der Waals surface area contributed by atoms with Crippen molar-refractivity contribution >= 4 is 51.4 Å². The lowest BCUT2D eigenvalue weighted by molar-refractivity contribution is 0.0955. The Morgan fingerprint density at radius 2 is 1.88 bits per heavy atom.